The molecular weight excluding hydrogens is 372 g/mol. The van der Waals surface area contributed by atoms with Crippen LogP contribution < -0.4 is 5.32 Å². The summed E-state index contributed by atoms with van der Waals surface area (Å²) in [6, 6.07) is 21.8. The highest BCUT2D eigenvalue weighted by atomic mass is 16.6. The number of anilines is 1. The molecule has 3 aromatic rings. The van der Waals surface area contributed by atoms with E-state index < -0.39 is 10.9 Å². The van der Waals surface area contributed by atoms with Crippen LogP contribution in [0.25, 0.3) is 0 Å². The predicted molar refractivity (Wildman–Crippen MR) is 107 cm³/mol. The summed E-state index contributed by atoms with van der Waals surface area (Å²) >= 11 is 0. The Morgan fingerprint density at radius 1 is 0.897 bits per heavy atom. The molecule has 0 aliphatic rings. The van der Waals surface area contributed by atoms with Crippen LogP contribution >= 0.6 is 0 Å². The van der Waals surface area contributed by atoms with Crippen LogP contribution in [0.1, 0.15) is 21.5 Å². The third kappa shape index (κ3) is 5.26. The fraction of sp³-hybridized carbons (Fsp3) is 0.0909. The summed E-state index contributed by atoms with van der Waals surface area (Å²) in [6.45, 7) is -0.248. The number of rotatable bonds is 7. The van der Waals surface area contributed by atoms with E-state index in [9.17, 15) is 19.7 Å². The maximum atomic E-state index is 12.5. The Morgan fingerprint density at radius 3 is 2.31 bits per heavy atom. The second-order valence-corrected chi connectivity index (χ2v) is 6.22. The Hall–Kier alpha value is -4.00. The molecule has 0 aliphatic heterocycles. The van der Waals surface area contributed by atoms with Crippen LogP contribution in [0.3, 0.4) is 0 Å². The Labute approximate surface area is 167 Å². The van der Waals surface area contributed by atoms with E-state index >= 15 is 0 Å². The van der Waals surface area contributed by atoms with Crippen LogP contribution in [-0.4, -0.2) is 16.8 Å². The Bertz CT molecular complexity index is 1030. The fourth-order valence-corrected chi connectivity index (χ4v) is 2.78. The van der Waals surface area contributed by atoms with Gasteiger partial charge in [-0.1, -0.05) is 54.6 Å². The Morgan fingerprint density at radius 2 is 1.55 bits per heavy atom. The molecular formula is C22H18N2O5. The van der Waals surface area contributed by atoms with Crippen molar-refractivity contribution >= 4 is 23.3 Å². The van der Waals surface area contributed by atoms with E-state index in [1.54, 1.807) is 30.3 Å². The molecule has 7 heteroatoms. The van der Waals surface area contributed by atoms with Crippen LogP contribution in [0.15, 0.2) is 78.9 Å². The zero-order chi connectivity index (χ0) is 20.6. The van der Waals surface area contributed by atoms with E-state index in [0.29, 0.717) is 5.69 Å². The van der Waals surface area contributed by atoms with Crippen molar-refractivity contribution in [1.82, 2.24) is 0 Å². The minimum absolute atomic E-state index is 0.121. The molecule has 0 saturated heterocycles. The highest BCUT2D eigenvalue weighted by Crippen LogP contribution is 2.21. The topological polar surface area (TPSA) is 98.5 Å². The van der Waals surface area contributed by atoms with E-state index in [1.807, 2.05) is 30.3 Å². The number of carbonyl (C=O) groups excluding carboxylic acids is 2. The summed E-state index contributed by atoms with van der Waals surface area (Å²) in [4.78, 5) is 35.4. The lowest BCUT2D eigenvalue weighted by Gasteiger charge is -2.11. The monoisotopic (exact) mass is 390 g/mol. The first-order valence-corrected chi connectivity index (χ1v) is 8.87. The van der Waals surface area contributed by atoms with Crippen molar-refractivity contribution in [3.8, 4) is 0 Å². The second-order valence-electron chi connectivity index (χ2n) is 6.22. The fourth-order valence-electron chi connectivity index (χ4n) is 2.78. The van der Waals surface area contributed by atoms with Gasteiger partial charge in [0.25, 0.3) is 5.69 Å². The summed E-state index contributed by atoms with van der Waals surface area (Å²) in [7, 11) is 0. The van der Waals surface area contributed by atoms with Gasteiger partial charge in [0.15, 0.2) is 0 Å². The molecule has 1 N–H and O–H groups in total. The Kier molecular flexibility index (Phi) is 6.32. The van der Waals surface area contributed by atoms with E-state index in [1.165, 1.54) is 18.2 Å². The summed E-state index contributed by atoms with van der Waals surface area (Å²) in [6.07, 6.45) is 0.167. The van der Waals surface area contributed by atoms with Gasteiger partial charge >= 0.3 is 5.97 Å². The summed E-state index contributed by atoms with van der Waals surface area (Å²) in [5.41, 5.74) is 1.51. The number of nitrogens with one attached hydrogen (secondary N) is 1. The molecule has 0 radical (unpaired) electrons. The van der Waals surface area contributed by atoms with Crippen molar-refractivity contribution in [1.29, 1.82) is 0 Å². The zero-order valence-electron chi connectivity index (χ0n) is 15.4. The molecule has 0 fully saturated rings. The van der Waals surface area contributed by atoms with Crippen molar-refractivity contribution in [3.63, 3.8) is 0 Å². The van der Waals surface area contributed by atoms with Crippen LogP contribution in [0.5, 0.6) is 0 Å². The van der Waals surface area contributed by atoms with Crippen molar-refractivity contribution in [3.05, 3.63) is 106 Å². The lowest BCUT2D eigenvalue weighted by atomic mass is 10.1. The maximum Gasteiger partial charge on any atom is 0.340 e. The molecule has 146 valence electrons. The first-order chi connectivity index (χ1) is 14.0. The van der Waals surface area contributed by atoms with E-state index in [-0.39, 0.29) is 35.7 Å². The summed E-state index contributed by atoms with van der Waals surface area (Å²) in [5.74, 6) is -0.950. The smallest absolute Gasteiger partial charge is 0.340 e. The van der Waals surface area contributed by atoms with Crippen LogP contribution in [0.4, 0.5) is 11.4 Å². The summed E-state index contributed by atoms with van der Waals surface area (Å²) < 4.78 is 5.25. The SMILES string of the molecule is O=C(Cc1ccccc1)Nc1ccccc1C(=O)OCc1ccccc1[N+](=O)[O-]. The van der Waals surface area contributed by atoms with E-state index in [4.69, 9.17) is 4.74 Å². The number of esters is 1. The maximum absolute atomic E-state index is 12.5. The molecule has 0 atom stereocenters. The molecule has 3 rings (SSSR count). The van der Waals surface area contributed by atoms with Crippen molar-refractivity contribution in [2.45, 2.75) is 13.0 Å². The number of para-hydroxylation sites is 2. The molecule has 0 aromatic heterocycles. The number of nitro benzene ring substituents is 1. The third-order valence-electron chi connectivity index (χ3n) is 4.18. The lowest BCUT2D eigenvalue weighted by molar-refractivity contribution is -0.385. The van der Waals surface area contributed by atoms with Crippen LogP contribution in [0.2, 0.25) is 0 Å². The first-order valence-electron chi connectivity index (χ1n) is 8.87. The Balaban J connectivity index is 1.69. The molecule has 0 saturated carbocycles. The number of carbonyl (C=O) groups is 2. The normalized spacial score (nSPS) is 10.2. The number of nitro groups is 1. The van der Waals surface area contributed by atoms with Gasteiger partial charge in [0.2, 0.25) is 5.91 Å². The van der Waals surface area contributed by atoms with Gasteiger partial charge in [0.1, 0.15) is 6.61 Å². The number of hydrogen-bond donors (Lipinski definition) is 1. The standard InChI is InChI=1S/C22H18N2O5/c25-21(14-16-8-2-1-3-9-16)23-19-12-6-5-11-18(19)22(26)29-15-17-10-4-7-13-20(17)24(27)28/h1-13H,14-15H2,(H,23,25). The number of nitrogens with zero attached hydrogens (tertiary/aromatic N) is 1. The molecule has 0 unspecified atom stereocenters. The van der Waals surface area contributed by atoms with Crippen molar-refractivity contribution < 1.29 is 19.2 Å². The average Bonchev–Trinajstić information content (AvgIpc) is 2.73. The summed E-state index contributed by atoms with van der Waals surface area (Å²) in [5, 5.41) is 13.8. The molecule has 29 heavy (non-hydrogen) atoms. The van der Waals surface area contributed by atoms with Crippen LogP contribution in [-0.2, 0) is 22.6 Å². The van der Waals surface area contributed by atoms with E-state index in [0.717, 1.165) is 5.56 Å². The van der Waals surface area contributed by atoms with Gasteiger partial charge in [0.05, 0.1) is 28.2 Å². The highest BCUT2D eigenvalue weighted by Gasteiger charge is 2.18. The van der Waals surface area contributed by atoms with Gasteiger partial charge < -0.3 is 10.1 Å². The van der Waals surface area contributed by atoms with Gasteiger partial charge in [-0.3, -0.25) is 14.9 Å². The van der Waals surface area contributed by atoms with Crippen molar-refractivity contribution in [2.75, 3.05) is 5.32 Å². The van der Waals surface area contributed by atoms with Gasteiger partial charge in [-0.05, 0) is 23.8 Å². The highest BCUT2D eigenvalue weighted by molar-refractivity contribution is 6.01. The molecule has 3 aromatic carbocycles. The van der Waals surface area contributed by atoms with Gasteiger partial charge in [0, 0.05) is 6.07 Å². The molecule has 0 bridgehead atoms. The first kappa shape index (κ1) is 19.8. The molecule has 1 amide bonds. The molecule has 7 nitrogen and oxygen atoms in total. The predicted octanol–water partition coefficient (Wildman–Crippen LogP) is 4.13. The van der Waals surface area contributed by atoms with E-state index in [2.05, 4.69) is 5.32 Å². The number of amides is 1. The molecule has 0 spiro atoms. The number of ether oxygens (including phenoxy) is 1. The minimum atomic E-state index is -0.682. The minimum Gasteiger partial charge on any atom is -0.457 e. The van der Waals surface area contributed by atoms with Gasteiger partial charge in [-0.2, -0.15) is 0 Å². The zero-order valence-corrected chi connectivity index (χ0v) is 15.4. The van der Waals surface area contributed by atoms with Crippen molar-refractivity contribution in [2.24, 2.45) is 0 Å². The largest absolute Gasteiger partial charge is 0.457 e. The lowest BCUT2D eigenvalue weighted by Crippen LogP contribution is -2.17. The third-order valence-corrected chi connectivity index (χ3v) is 4.18. The van der Waals surface area contributed by atoms with Gasteiger partial charge in [-0.25, -0.2) is 4.79 Å². The van der Waals surface area contributed by atoms with Crippen LogP contribution in [0, 0.1) is 10.1 Å². The average molecular weight is 390 g/mol. The number of hydrogen-bond acceptors (Lipinski definition) is 5. The second kappa shape index (κ2) is 9.27. The number of benzene rings is 3. The molecule has 0 heterocycles. The van der Waals surface area contributed by atoms with Gasteiger partial charge in [-0.15, -0.1) is 0 Å². The quantitative estimate of drug-likeness (QED) is 0.371. The molecule has 0 aliphatic carbocycles.